The molecule has 0 saturated heterocycles. The smallest absolute Gasteiger partial charge is 0.272 e. The third-order valence-corrected chi connectivity index (χ3v) is 5.64. The highest BCUT2D eigenvalue weighted by atomic mass is 35.5. The van der Waals surface area contributed by atoms with Gasteiger partial charge in [0.2, 0.25) is 10.0 Å². The lowest BCUT2D eigenvalue weighted by Gasteiger charge is -2.10. The van der Waals surface area contributed by atoms with Crippen molar-refractivity contribution in [3.05, 3.63) is 82.1 Å². The van der Waals surface area contributed by atoms with Gasteiger partial charge in [-0.25, -0.2) is 19.0 Å². The second-order valence-electron chi connectivity index (χ2n) is 6.38. The number of carbonyl (C=O) groups excluding carboxylic acids is 1. The molecule has 0 aliphatic heterocycles. The Kier molecular flexibility index (Phi) is 5.88. The number of hydrogen-bond acceptors (Lipinski definition) is 4. The lowest BCUT2D eigenvalue weighted by molar-refractivity contribution is 0.0955. The Morgan fingerprint density at radius 1 is 1.14 bits per heavy atom. The highest BCUT2D eigenvalue weighted by Gasteiger charge is 2.12. The minimum Gasteiger partial charge on any atom is -0.318 e. The van der Waals surface area contributed by atoms with Gasteiger partial charge in [0, 0.05) is 22.6 Å². The highest BCUT2D eigenvalue weighted by molar-refractivity contribution is 7.89. The molecule has 3 rings (SSSR count). The van der Waals surface area contributed by atoms with Crippen LogP contribution in [0.4, 0.5) is 0 Å². The predicted octanol–water partition coefficient (Wildman–Crippen LogP) is 3.16. The number of primary sulfonamides is 1. The molecule has 1 heterocycles. The molecular formula is C20H19ClN4O3S. The van der Waals surface area contributed by atoms with Crippen molar-refractivity contribution >= 4 is 33.7 Å². The van der Waals surface area contributed by atoms with E-state index in [1.807, 2.05) is 24.5 Å². The van der Waals surface area contributed by atoms with Crippen LogP contribution < -0.4 is 10.6 Å². The first-order chi connectivity index (χ1) is 13.7. The van der Waals surface area contributed by atoms with E-state index >= 15 is 0 Å². The standard InChI is InChI=1S/C20H19ClN4O3S/c1-13-11-15(12-23-24-20(26)18-5-3-4-6-19(18)21)14(2)25(13)16-7-9-17(10-8-16)29(22,27)28/h3-12H,1-2H3,(H,24,26)(H2,22,27,28)/b23-12-. The van der Waals surface area contributed by atoms with Crippen molar-refractivity contribution in [3.8, 4) is 5.69 Å². The molecule has 0 atom stereocenters. The van der Waals surface area contributed by atoms with Crippen molar-refractivity contribution < 1.29 is 13.2 Å². The zero-order valence-corrected chi connectivity index (χ0v) is 17.3. The van der Waals surface area contributed by atoms with E-state index in [4.69, 9.17) is 16.7 Å². The molecule has 0 unspecified atom stereocenters. The van der Waals surface area contributed by atoms with E-state index < -0.39 is 15.9 Å². The Balaban J connectivity index is 1.82. The third-order valence-electron chi connectivity index (χ3n) is 4.38. The number of nitrogens with zero attached hydrogens (tertiary/aromatic N) is 2. The summed E-state index contributed by atoms with van der Waals surface area (Å²) in [5.41, 5.74) is 6.19. The van der Waals surface area contributed by atoms with Gasteiger partial charge in [0.25, 0.3) is 5.91 Å². The molecule has 3 aromatic rings. The summed E-state index contributed by atoms with van der Waals surface area (Å²) in [6, 6.07) is 14.9. The number of rotatable bonds is 5. The molecule has 2 aromatic carbocycles. The summed E-state index contributed by atoms with van der Waals surface area (Å²) in [4.78, 5) is 12.2. The number of halogens is 1. The van der Waals surface area contributed by atoms with E-state index in [1.165, 1.54) is 12.1 Å². The second kappa shape index (κ2) is 8.20. The maximum Gasteiger partial charge on any atom is 0.272 e. The summed E-state index contributed by atoms with van der Waals surface area (Å²) in [6.07, 6.45) is 1.55. The normalized spacial score (nSPS) is 11.7. The Morgan fingerprint density at radius 3 is 2.41 bits per heavy atom. The molecule has 0 radical (unpaired) electrons. The van der Waals surface area contributed by atoms with E-state index in [-0.39, 0.29) is 4.90 Å². The second-order valence-corrected chi connectivity index (χ2v) is 8.35. The SMILES string of the molecule is Cc1cc(/C=N\NC(=O)c2ccccc2Cl)c(C)n1-c1ccc(S(N)(=O)=O)cc1. The number of carbonyl (C=O) groups is 1. The number of aryl methyl sites for hydroxylation is 1. The maximum absolute atomic E-state index is 12.2. The average molecular weight is 431 g/mol. The monoisotopic (exact) mass is 430 g/mol. The van der Waals surface area contributed by atoms with Crippen molar-refractivity contribution in [1.29, 1.82) is 0 Å². The van der Waals surface area contributed by atoms with Crippen LogP contribution in [0.25, 0.3) is 5.69 Å². The molecule has 3 N–H and O–H groups in total. The quantitative estimate of drug-likeness (QED) is 0.479. The number of benzene rings is 2. The van der Waals surface area contributed by atoms with Crippen LogP contribution in [-0.2, 0) is 10.0 Å². The zero-order valence-electron chi connectivity index (χ0n) is 15.8. The summed E-state index contributed by atoms with van der Waals surface area (Å²) < 4.78 is 24.8. The maximum atomic E-state index is 12.2. The summed E-state index contributed by atoms with van der Waals surface area (Å²) in [5.74, 6) is -0.403. The van der Waals surface area contributed by atoms with E-state index in [9.17, 15) is 13.2 Å². The minimum absolute atomic E-state index is 0.0489. The van der Waals surface area contributed by atoms with Crippen molar-refractivity contribution in [2.75, 3.05) is 0 Å². The molecule has 0 saturated carbocycles. The molecular weight excluding hydrogens is 412 g/mol. The first-order valence-electron chi connectivity index (χ1n) is 8.58. The predicted molar refractivity (Wildman–Crippen MR) is 113 cm³/mol. The Bertz CT molecular complexity index is 1200. The molecule has 1 amide bonds. The number of nitrogens with two attached hydrogens (primary N) is 1. The summed E-state index contributed by atoms with van der Waals surface area (Å²) in [7, 11) is -3.74. The fourth-order valence-corrected chi connectivity index (χ4v) is 3.70. The number of amides is 1. The summed E-state index contributed by atoms with van der Waals surface area (Å²) >= 11 is 6.01. The number of sulfonamides is 1. The Hall–Kier alpha value is -2.94. The number of nitrogens with one attached hydrogen (secondary N) is 1. The minimum atomic E-state index is -3.74. The number of aromatic nitrogens is 1. The third kappa shape index (κ3) is 4.56. The van der Waals surface area contributed by atoms with Gasteiger partial charge in [-0.3, -0.25) is 4.79 Å². The summed E-state index contributed by atoms with van der Waals surface area (Å²) in [5, 5.41) is 9.52. The molecule has 0 bridgehead atoms. The van der Waals surface area contributed by atoms with Gasteiger partial charge in [-0.2, -0.15) is 5.10 Å². The lowest BCUT2D eigenvalue weighted by Crippen LogP contribution is -2.18. The van der Waals surface area contributed by atoms with Gasteiger partial charge in [-0.1, -0.05) is 23.7 Å². The van der Waals surface area contributed by atoms with E-state index in [0.717, 1.165) is 22.6 Å². The Morgan fingerprint density at radius 2 is 1.79 bits per heavy atom. The fraction of sp³-hybridized carbons (Fsp3) is 0.100. The van der Waals surface area contributed by atoms with Crippen LogP contribution in [-0.4, -0.2) is 25.1 Å². The molecule has 0 fully saturated rings. The highest BCUT2D eigenvalue weighted by Crippen LogP contribution is 2.21. The van der Waals surface area contributed by atoms with Crippen LogP contribution in [0.15, 0.2) is 64.6 Å². The molecule has 0 aliphatic carbocycles. The number of hydrazone groups is 1. The first kappa shape index (κ1) is 20.8. The number of hydrogen-bond donors (Lipinski definition) is 2. The van der Waals surface area contributed by atoms with Gasteiger partial charge in [0.05, 0.1) is 21.7 Å². The lowest BCUT2D eigenvalue weighted by atomic mass is 10.2. The molecule has 9 heteroatoms. The molecule has 7 nitrogen and oxygen atoms in total. The van der Waals surface area contributed by atoms with Gasteiger partial charge >= 0.3 is 0 Å². The van der Waals surface area contributed by atoms with Gasteiger partial charge in [0.15, 0.2) is 0 Å². The summed E-state index contributed by atoms with van der Waals surface area (Å²) in [6.45, 7) is 3.82. The van der Waals surface area contributed by atoms with Gasteiger partial charge in [-0.05, 0) is 56.3 Å². The fourth-order valence-electron chi connectivity index (χ4n) is 2.97. The van der Waals surface area contributed by atoms with Crippen LogP contribution in [0.1, 0.15) is 27.3 Å². The van der Waals surface area contributed by atoms with E-state index in [0.29, 0.717) is 10.6 Å². The van der Waals surface area contributed by atoms with Crippen molar-refractivity contribution in [1.82, 2.24) is 9.99 Å². The van der Waals surface area contributed by atoms with Crippen LogP contribution >= 0.6 is 11.6 Å². The molecule has 1 aromatic heterocycles. The molecule has 29 heavy (non-hydrogen) atoms. The van der Waals surface area contributed by atoms with Crippen LogP contribution in [0.3, 0.4) is 0 Å². The van der Waals surface area contributed by atoms with Crippen molar-refractivity contribution in [2.45, 2.75) is 18.7 Å². The molecule has 150 valence electrons. The van der Waals surface area contributed by atoms with Crippen molar-refractivity contribution in [3.63, 3.8) is 0 Å². The van der Waals surface area contributed by atoms with Crippen LogP contribution in [0, 0.1) is 13.8 Å². The van der Waals surface area contributed by atoms with Gasteiger partial charge in [-0.15, -0.1) is 0 Å². The van der Waals surface area contributed by atoms with Crippen molar-refractivity contribution in [2.24, 2.45) is 10.2 Å². The molecule has 0 spiro atoms. The van der Waals surface area contributed by atoms with Gasteiger partial charge in [0.1, 0.15) is 0 Å². The van der Waals surface area contributed by atoms with Gasteiger partial charge < -0.3 is 4.57 Å². The molecule has 0 aliphatic rings. The van der Waals surface area contributed by atoms with Crippen LogP contribution in [0.2, 0.25) is 5.02 Å². The largest absolute Gasteiger partial charge is 0.318 e. The zero-order chi connectivity index (χ0) is 21.2. The topological polar surface area (TPSA) is 107 Å². The van der Waals surface area contributed by atoms with E-state index in [2.05, 4.69) is 10.5 Å². The Labute approximate surface area is 173 Å². The van der Waals surface area contributed by atoms with E-state index in [1.54, 1.807) is 42.6 Å². The first-order valence-corrected chi connectivity index (χ1v) is 10.5. The van der Waals surface area contributed by atoms with Crippen LogP contribution in [0.5, 0.6) is 0 Å². The average Bonchev–Trinajstić information content (AvgIpc) is 2.95.